The lowest BCUT2D eigenvalue weighted by Gasteiger charge is -2.20. The van der Waals surface area contributed by atoms with Gasteiger partial charge in [0.2, 0.25) is 0 Å². The Bertz CT molecular complexity index is 353. The first-order chi connectivity index (χ1) is 6.31. The zero-order chi connectivity index (χ0) is 8.89. The van der Waals surface area contributed by atoms with Crippen molar-refractivity contribution in [2.75, 3.05) is 11.9 Å². The Hall–Kier alpha value is -1.09. The third-order valence-electron chi connectivity index (χ3n) is 3.12. The average Bonchev–Trinajstić information content (AvgIpc) is 2.60. The minimum atomic E-state index is 0.0938. The van der Waals surface area contributed by atoms with E-state index in [0.29, 0.717) is 0 Å². The summed E-state index contributed by atoms with van der Waals surface area (Å²) >= 11 is 0. The fourth-order valence-corrected chi connectivity index (χ4v) is 2.27. The van der Waals surface area contributed by atoms with Crippen LogP contribution in [0.5, 0.6) is 0 Å². The van der Waals surface area contributed by atoms with Crippen LogP contribution in [0, 0.1) is 0 Å². The van der Waals surface area contributed by atoms with Crippen LogP contribution in [-0.4, -0.2) is 17.8 Å². The van der Waals surface area contributed by atoms with Crippen molar-refractivity contribution in [3.63, 3.8) is 0 Å². The van der Waals surface area contributed by atoms with Crippen molar-refractivity contribution in [3.8, 4) is 0 Å². The number of hydrogen-bond acceptors (Lipinski definition) is 3. The van der Waals surface area contributed by atoms with Crippen LogP contribution in [0.3, 0.4) is 0 Å². The van der Waals surface area contributed by atoms with Gasteiger partial charge in [-0.05, 0) is 25.5 Å². The molecule has 3 heteroatoms. The highest BCUT2D eigenvalue weighted by atomic mass is 16.5. The summed E-state index contributed by atoms with van der Waals surface area (Å²) < 4.78 is 5.61. The molecule has 1 saturated heterocycles. The largest absolute Gasteiger partial charge is 0.358 e. The maximum absolute atomic E-state index is 5.61. The van der Waals surface area contributed by atoms with E-state index in [1.807, 2.05) is 12.3 Å². The van der Waals surface area contributed by atoms with Gasteiger partial charge in [0.25, 0.3) is 0 Å². The molecule has 0 aromatic carbocycles. The highest BCUT2D eigenvalue weighted by molar-refractivity contribution is 5.58. The molecule has 0 bridgehead atoms. The number of rotatable bonds is 0. The van der Waals surface area contributed by atoms with Crippen LogP contribution in [0.25, 0.3) is 0 Å². The first-order valence-electron chi connectivity index (χ1n) is 4.64. The van der Waals surface area contributed by atoms with Gasteiger partial charge < -0.3 is 10.1 Å². The van der Waals surface area contributed by atoms with Gasteiger partial charge in [-0.1, -0.05) is 0 Å². The molecule has 1 fully saturated rings. The molecular formula is C10H12N2O. The molecule has 0 aliphatic carbocycles. The van der Waals surface area contributed by atoms with Crippen LogP contribution in [0.2, 0.25) is 0 Å². The summed E-state index contributed by atoms with van der Waals surface area (Å²) in [4.78, 5) is 4.43. The van der Waals surface area contributed by atoms with Gasteiger partial charge in [0.05, 0.1) is 23.4 Å². The second-order valence-corrected chi connectivity index (χ2v) is 3.96. The SMILES string of the molecule is C[C@@]12CCO[C@@H]1Nc1cccnc12. The Labute approximate surface area is 77.1 Å². The monoisotopic (exact) mass is 176 g/mol. The van der Waals surface area contributed by atoms with Gasteiger partial charge in [-0.25, -0.2) is 0 Å². The van der Waals surface area contributed by atoms with Crippen molar-refractivity contribution in [3.05, 3.63) is 24.0 Å². The third kappa shape index (κ3) is 0.800. The fourth-order valence-electron chi connectivity index (χ4n) is 2.27. The van der Waals surface area contributed by atoms with Gasteiger partial charge in [0, 0.05) is 6.20 Å². The summed E-state index contributed by atoms with van der Waals surface area (Å²) in [7, 11) is 0. The predicted octanol–water partition coefficient (Wildman–Crippen LogP) is 1.51. The Morgan fingerprint density at radius 3 is 3.54 bits per heavy atom. The van der Waals surface area contributed by atoms with Gasteiger partial charge in [0.15, 0.2) is 0 Å². The van der Waals surface area contributed by atoms with Gasteiger partial charge >= 0.3 is 0 Å². The summed E-state index contributed by atoms with van der Waals surface area (Å²) in [5.41, 5.74) is 2.39. The Kier molecular flexibility index (Phi) is 1.26. The molecule has 68 valence electrons. The Morgan fingerprint density at radius 1 is 1.69 bits per heavy atom. The third-order valence-corrected chi connectivity index (χ3v) is 3.12. The van der Waals surface area contributed by atoms with E-state index in [1.54, 1.807) is 0 Å². The highest BCUT2D eigenvalue weighted by Crippen LogP contribution is 2.45. The molecule has 3 nitrogen and oxygen atoms in total. The summed E-state index contributed by atoms with van der Waals surface area (Å²) in [5, 5.41) is 3.35. The smallest absolute Gasteiger partial charge is 0.138 e. The summed E-state index contributed by atoms with van der Waals surface area (Å²) in [6.45, 7) is 3.06. The molecule has 2 aliphatic rings. The van der Waals surface area contributed by atoms with Crippen LogP contribution in [0.15, 0.2) is 18.3 Å². The lowest BCUT2D eigenvalue weighted by molar-refractivity contribution is 0.111. The molecule has 13 heavy (non-hydrogen) atoms. The minimum absolute atomic E-state index is 0.0938. The molecule has 1 N–H and O–H groups in total. The van der Waals surface area contributed by atoms with E-state index in [0.717, 1.165) is 24.4 Å². The van der Waals surface area contributed by atoms with Crippen molar-refractivity contribution in [1.29, 1.82) is 0 Å². The lowest BCUT2D eigenvalue weighted by atomic mass is 9.85. The quantitative estimate of drug-likeness (QED) is 0.650. The van der Waals surface area contributed by atoms with Crippen LogP contribution >= 0.6 is 0 Å². The minimum Gasteiger partial charge on any atom is -0.358 e. The first-order valence-corrected chi connectivity index (χ1v) is 4.64. The highest BCUT2D eigenvalue weighted by Gasteiger charge is 2.48. The number of nitrogens with zero attached hydrogens (tertiary/aromatic N) is 1. The zero-order valence-electron chi connectivity index (χ0n) is 7.58. The molecule has 0 unspecified atom stereocenters. The number of ether oxygens (including phenoxy) is 1. The van der Waals surface area contributed by atoms with E-state index < -0.39 is 0 Å². The normalized spacial score (nSPS) is 35.3. The van der Waals surface area contributed by atoms with Crippen LogP contribution < -0.4 is 5.32 Å². The van der Waals surface area contributed by atoms with E-state index in [2.05, 4.69) is 23.3 Å². The van der Waals surface area contributed by atoms with E-state index in [4.69, 9.17) is 4.74 Å². The van der Waals surface area contributed by atoms with E-state index >= 15 is 0 Å². The summed E-state index contributed by atoms with van der Waals surface area (Å²) in [6.07, 6.45) is 3.05. The summed E-state index contributed by atoms with van der Waals surface area (Å²) in [5.74, 6) is 0. The number of hydrogen-bond donors (Lipinski definition) is 1. The number of nitrogens with one attached hydrogen (secondary N) is 1. The van der Waals surface area contributed by atoms with Crippen LogP contribution in [-0.2, 0) is 10.2 Å². The Morgan fingerprint density at radius 2 is 2.62 bits per heavy atom. The second-order valence-electron chi connectivity index (χ2n) is 3.96. The van der Waals surface area contributed by atoms with E-state index in [9.17, 15) is 0 Å². The topological polar surface area (TPSA) is 34.1 Å². The standard InChI is InChI=1S/C10H12N2O/c1-10-4-6-13-9(10)12-7-3-2-5-11-8(7)10/h2-3,5,9,12H,4,6H2,1H3/t9-,10-/m0/s1. The van der Waals surface area contributed by atoms with Crippen LogP contribution in [0.1, 0.15) is 19.0 Å². The number of anilines is 1. The lowest BCUT2D eigenvalue weighted by Crippen LogP contribution is -2.31. The number of aromatic nitrogens is 1. The zero-order valence-corrected chi connectivity index (χ0v) is 7.58. The fraction of sp³-hybridized carbons (Fsp3) is 0.500. The predicted molar refractivity (Wildman–Crippen MR) is 49.6 cm³/mol. The molecule has 1 aromatic rings. The van der Waals surface area contributed by atoms with Crippen molar-refractivity contribution >= 4 is 5.69 Å². The molecule has 0 radical (unpaired) electrons. The molecule has 3 rings (SSSR count). The molecule has 0 saturated carbocycles. The van der Waals surface area contributed by atoms with Crippen molar-refractivity contribution in [2.45, 2.75) is 25.0 Å². The van der Waals surface area contributed by atoms with E-state index in [-0.39, 0.29) is 11.6 Å². The molecule has 3 heterocycles. The average molecular weight is 176 g/mol. The van der Waals surface area contributed by atoms with Gasteiger partial charge in [0.1, 0.15) is 6.23 Å². The second kappa shape index (κ2) is 2.23. The number of pyridine rings is 1. The summed E-state index contributed by atoms with van der Waals surface area (Å²) in [6, 6.07) is 4.02. The van der Waals surface area contributed by atoms with E-state index in [1.165, 1.54) is 0 Å². The van der Waals surface area contributed by atoms with Crippen molar-refractivity contribution in [1.82, 2.24) is 4.98 Å². The van der Waals surface area contributed by atoms with Crippen molar-refractivity contribution < 1.29 is 4.74 Å². The van der Waals surface area contributed by atoms with Crippen molar-refractivity contribution in [2.24, 2.45) is 0 Å². The molecule has 2 atom stereocenters. The maximum Gasteiger partial charge on any atom is 0.138 e. The molecule has 1 aromatic heterocycles. The molecule has 2 aliphatic heterocycles. The molecular weight excluding hydrogens is 164 g/mol. The van der Waals surface area contributed by atoms with Gasteiger partial charge in [-0.2, -0.15) is 0 Å². The maximum atomic E-state index is 5.61. The van der Waals surface area contributed by atoms with Crippen LogP contribution in [0.4, 0.5) is 5.69 Å². The molecule has 0 amide bonds. The Balaban J connectivity index is 2.17. The van der Waals surface area contributed by atoms with Gasteiger partial charge in [-0.3, -0.25) is 4.98 Å². The van der Waals surface area contributed by atoms with Gasteiger partial charge in [-0.15, -0.1) is 0 Å². The first kappa shape index (κ1) is 7.33. The molecule has 0 spiro atoms. The number of fused-ring (bicyclic) bond motifs is 3.